The highest BCUT2D eigenvalue weighted by molar-refractivity contribution is 9.10. The number of phenolic OH excluding ortho intramolecular Hbond substituents is 1. The van der Waals surface area contributed by atoms with Crippen LogP contribution in [0.25, 0.3) is 0 Å². The van der Waals surface area contributed by atoms with E-state index in [4.69, 9.17) is 0 Å². The number of para-hydroxylation sites is 1. The molecule has 2 aromatic carbocycles. The van der Waals surface area contributed by atoms with E-state index in [1.807, 2.05) is 0 Å². The molecular formula is C15H13BrF3NO. The molecule has 0 saturated carbocycles. The molecule has 21 heavy (non-hydrogen) atoms. The monoisotopic (exact) mass is 359 g/mol. The van der Waals surface area contributed by atoms with Crippen molar-refractivity contribution in [2.75, 3.05) is 5.32 Å². The average Bonchev–Trinajstić information content (AvgIpc) is 2.40. The van der Waals surface area contributed by atoms with Crippen LogP contribution in [0.5, 0.6) is 5.75 Å². The Balaban J connectivity index is 2.19. The fourth-order valence-electron chi connectivity index (χ4n) is 1.94. The number of halogens is 4. The van der Waals surface area contributed by atoms with E-state index < -0.39 is 11.7 Å². The van der Waals surface area contributed by atoms with E-state index in [1.165, 1.54) is 13.0 Å². The second-order valence-corrected chi connectivity index (χ2v) is 5.48. The van der Waals surface area contributed by atoms with Gasteiger partial charge in [-0.2, -0.15) is 13.2 Å². The first-order chi connectivity index (χ1) is 9.79. The van der Waals surface area contributed by atoms with E-state index in [0.717, 1.165) is 6.07 Å². The number of aryl methyl sites for hydroxylation is 1. The normalized spacial score (nSPS) is 11.5. The summed E-state index contributed by atoms with van der Waals surface area (Å²) in [4.78, 5) is 0. The van der Waals surface area contributed by atoms with Crippen LogP contribution in [0.3, 0.4) is 0 Å². The van der Waals surface area contributed by atoms with Gasteiger partial charge in [-0.25, -0.2) is 0 Å². The number of aromatic hydroxyl groups is 1. The van der Waals surface area contributed by atoms with Crippen LogP contribution in [-0.2, 0) is 12.7 Å². The molecule has 0 aliphatic heterocycles. The van der Waals surface area contributed by atoms with E-state index in [-0.39, 0.29) is 17.9 Å². The summed E-state index contributed by atoms with van der Waals surface area (Å²) in [5, 5.41) is 12.7. The van der Waals surface area contributed by atoms with Gasteiger partial charge in [-0.3, -0.25) is 0 Å². The second kappa shape index (κ2) is 5.97. The van der Waals surface area contributed by atoms with Gasteiger partial charge in [0, 0.05) is 17.8 Å². The third-order valence-corrected chi connectivity index (χ3v) is 3.74. The number of hydrogen-bond acceptors (Lipinski definition) is 2. The molecule has 0 amide bonds. The maximum atomic E-state index is 12.8. The number of anilines is 1. The molecule has 2 aromatic rings. The quantitative estimate of drug-likeness (QED) is 0.799. The molecule has 0 aliphatic rings. The maximum absolute atomic E-state index is 12.8. The van der Waals surface area contributed by atoms with Crippen LogP contribution in [0.15, 0.2) is 40.9 Å². The standard InChI is InChI=1S/C15H13BrF3NO/c1-9-5-6-11(7-12(9)15(17,18)19)20-8-10-3-2-4-13(16)14(10)21/h2-7,20-21H,8H2,1H3. The van der Waals surface area contributed by atoms with Crippen molar-refractivity contribution in [2.24, 2.45) is 0 Å². The van der Waals surface area contributed by atoms with Gasteiger partial charge in [0.15, 0.2) is 0 Å². The van der Waals surface area contributed by atoms with Crippen LogP contribution in [0, 0.1) is 6.92 Å². The lowest BCUT2D eigenvalue weighted by Gasteiger charge is -2.14. The molecule has 2 nitrogen and oxygen atoms in total. The average molecular weight is 360 g/mol. The van der Waals surface area contributed by atoms with Crippen LogP contribution < -0.4 is 5.32 Å². The summed E-state index contributed by atoms with van der Waals surface area (Å²) < 4.78 is 39.0. The molecule has 2 N–H and O–H groups in total. The third-order valence-electron chi connectivity index (χ3n) is 3.10. The molecule has 0 unspecified atom stereocenters. The number of phenols is 1. The van der Waals surface area contributed by atoms with Crippen LogP contribution in [-0.4, -0.2) is 5.11 Å². The number of benzene rings is 2. The summed E-state index contributed by atoms with van der Waals surface area (Å²) in [6.07, 6.45) is -4.38. The van der Waals surface area contributed by atoms with Crippen molar-refractivity contribution in [2.45, 2.75) is 19.6 Å². The number of hydrogen-bond donors (Lipinski definition) is 2. The highest BCUT2D eigenvalue weighted by atomic mass is 79.9. The largest absolute Gasteiger partial charge is 0.506 e. The Bertz CT molecular complexity index is 656. The fourth-order valence-corrected chi connectivity index (χ4v) is 2.34. The molecule has 0 spiro atoms. The Kier molecular flexibility index (Phi) is 4.46. The van der Waals surface area contributed by atoms with Gasteiger partial charge >= 0.3 is 6.18 Å². The van der Waals surface area contributed by atoms with Crippen LogP contribution in [0.4, 0.5) is 18.9 Å². The smallest absolute Gasteiger partial charge is 0.416 e. The summed E-state index contributed by atoms with van der Waals surface area (Å²) in [7, 11) is 0. The Morgan fingerprint density at radius 3 is 2.57 bits per heavy atom. The Morgan fingerprint density at radius 1 is 1.19 bits per heavy atom. The van der Waals surface area contributed by atoms with Crippen LogP contribution in [0.1, 0.15) is 16.7 Å². The van der Waals surface area contributed by atoms with Gasteiger partial charge in [-0.15, -0.1) is 0 Å². The zero-order valence-electron chi connectivity index (χ0n) is 11.1. The topological polar surface area (TPSA) is 32.3 Å². The van der Waals surface area contributed by atoms with Crippen molar-refractivity contribution in [3.8, 4) is 5.75 Å². The molecule has 0 heterocycles. The Labute approximate surface area is 128 Å². The van der Waals surface area contributed by atoms with E-state index in [1.54, 1.807) is 24.3 Å². The molecule has 0 fully saturated rings. The van der Waals surface area contributed by atoms with Crippen LogP contribution >= 0.6 is 15.9 Å². The summed E-state index contributed by atoms with van der Waals surface area (Å²) in [6.45, 7) is 1.65. The molecule has 6 heteroatoms. The molecule has 0 atom stereocenters. The lowest BCUT2D eigenvalue weighted by molar-refractivity contribution is -0.138. The molecule has 2 rings (SSSR count). The van der Waals surface area contributed by atoms with Crippen molar-refractivity contribution in [3.63, 3.8) is 0 Å². The molecule has 0 saturated heterocycles. The van der Waals surface area contributed by atoms with Gasteiger partial charge in [0.1, 0.15) is 5.75 Å². The van der Waals surface area contributed by atoms with E-state index >= 15 is 0 Å². The van der Waals surface area contributed by atoms with E-state index in [0.29, 0.717) is 15.7 Å². The predicted octanol–water partition coefficient (Wildman–Crippen LogP) is 5.09. The van der Waals surface area contributed by atoms with Crippen LogP contribution in [0.2, 0.25) is 0 Å². The minimum absolute atomic E-state index is 0.0770. The Hall–Kier alpha value is -1.69. The fraction of sp³-hybridized carbons (Fsp3) is 0.200. The molecule has 0 aromatic heterocycles. The first-order valence-electron chi connectivity index (χ1n) is 6.17. The lowest BCUT2D eigenvalue weighted by Crippen LogP contribution is -2.09. The number of alkyl halides is 3. The summed E-state index contributed by atoms with van der Waals surface area (Å²) >= 11 is 3.19. The van der Waals surface area contributed by atoms with Crippen molar-refractivity contribution in [3.05, 3.63) is 57.6 Å². The van der Waals surface area contributed by atoms with Gasteiger partial charge in [-0.05, 0) is 46.6 Å². The van der Waals surface area contributed by atoms with Gasteiger partial charge in [0.2, 0.25) is 0 Å². The second-order valence-electron chi connectivity index (χ2n) is 4.63. The molecular weight excluding hydrogens is 347 g/mol. The zero-order valence-corrected chi connectivity index (χ0v) is 12.7. The SMILES string of the molecule is Cc1ccc(NCc2cccc(Br)c2O)cc1C(F)(F)F. The third kappa shape index (κ3) is 3.69. The van der Waals surface area contributed by atoms with Gasteiger partial charge in [-0.1, -0.05) is 18.2 Å². The van der Waals surface area contributed by atoms with Crippen molar-refractivity contribution in [1.82, 2.24) is 0 Å². The zero-order chi connectivity index (χ0) is 15.6. The van der Waals surface area contributed by atoms with E-state index in [9.17, 15) is 18.3 Å². The highest BCUT2D eigenvalue weighted by Gasteiger charge is 2.32. The molecule has 112 valence electrons. The highest BCUT2D eigenvalue weighted by Crippen LogP contribution is 2.34. The summed E-state index contributed by atoms with van der Waals surface area (Å²) in [5.41, 5.74) is 0.468. The van der Waals surface area contributed by atoms with E-state index in [2.05, 4.69) is 21.2 Å². The molecule has 0 radical (unpaired) electrons. The van der Waals surface area contributed by atoms with Gasteiger partial charge in [0.05, 0.1) is 10.0 Å². The summed E-state index contributed by atoms with van der Waals surface area (Å²) in [5.74, 6) is 0.0770. The first kappa shape index (κ1) is 15.7. The molecule has 0 aliphatic carbocycles. The predicted molar refractivity (Wildman–Crippen MR) is 79.3 cm³/mol. The van der Waals surface area contributed by atoms with Crippen molar-refractivity contribution in [1.29, 1.82) is 0 Å². The minimum Gasteiger partial charge on any atom is -0.506 e. The molecule has 0 bridgehead atoms. The minimum atomic E-state index is -4.38. The van der Waals surface area contributed by atoms with Crippen molar-refractivity contribution >= 4 is 21.6 Å². The summed E-state index contributed by atoms with van der Waals surface area (Å²) in [6, 6.07) is 9.21. The van der Waals surface area contributed by atoms with Crippen molar-refractivity contribution < 1.29 is 18.3 Å². The van der Waals surface area contributed by atoms with Gasteiger partial charge < -0.3 is 10.4 Å². The Morgan fingerprint density at radius 2 is 1.90 bits per heavy atom. The lowest BCUT2D eigenvalue weighted by atomic mass is 10.1. The maximum Gasteiger partial charge on any atom is 0.416 e. The van der Waals surface area contributed by atoms with Gasteiger partial charge in [0.25, 0.3) is 0 Å². The number of rotatable bonds is 3. The first-order valence-corrected chi connectivity index (χ1v) is 6.96. The number of nitrogens with one attached hydrogen (secondary N) is 1.